The monoisotopic (exact) mass is 292 g/mol. The van der Waals surface area contributed by atoms with E-state index in [1.807, 2.05) is 18.2 Å². The number of anilines is 1. The molecule has 0 bridgehead atoms. The third-order valence-corrected chi connectivity index (χ3v) is 3.71. The zero-order valence-electron chi connectivity index (χ0n) is 10.7. The maximum Gasteiger partial charge on any atom is 0.179 e. The first-order valence-corrected chi connectivity index (χ1v) is 7.70. The number of benzene rings is 2. The number of nitrogens with zero attached hydrogens (tertiary/aromatic N) is 1. The molecular weight excluding hydrogens is 279 g/mol. The molecule has 0 atom stereocenters. The number of nitrogens with one attached hydrogen (secondary N) is 1. The Hall–Kier alpha value is -2.21. The molecule has 0 fully saturated rings. The quantitative estimate of drug-likeness (QED) is 0.696. The SMILES string of the molecule is CS(=O)(=O)c1c(F)cccc1C=NNc1ccccc1. The van der Waals surface area contributed by atoms with E-state index in [0.717, 1.165) is 18.0 Å². The van der Waals surface area contributed by atoms with E-state index in [9.17, 15) is 12.8 Å². The lowest BCUT2D eigenvalue weighted by molar-refractivity contribution is 0.570. The molecule has 0 aliphatic carbocycles. The van der Waals surface area contributed by atoms with Gasteiger partial charge < -0.3 is 0 Å². The summed E-state index contributed by atoms with van der Waals surface area (Å²) in [5.41, 5.74) is 3.70. The van der Waals surface area contributed by atoms with Crippen LogP contribution in [0.25, 0.3) is 0 Å². The zero-order chi connectivity index (χ0) is 14.6. The summed E-state index contributed by atoms with van der Waals surface area (Å²) in [6.07, 6.45) is 2.25. The first kappa shape index (κ1) is 14.2. The van der Waals surface area contributed by atoms with Crippen molar-refractivity contribution in [2.45, 2.75) is 4.90 Å². The molecule has 0 aliphatic heterocycles. The van der Waals surface area contributed by atoms with E-state index in [1.165, 1.54) is 18.3 Å². The smallest absolute Gasteiger partial charge is 0.179 e. The van der Waals surface area contributed by atoms with Crippen LogP contribution in [0.15, 0.2) is 58.5 Å². The van der Waals surface area contributed by atoms with Crippen molar-refractivity contribution in [2.24, 2.45) is 5.10 Å². The summed E-state index contributed by atoms with van der Waals surface area (Å²) in [6.45, 7) is 0. The Balaban J connectivity index is 2.28. The van der Waals surface area contributed by atoms with Crippen molar-refractivity contribution in [2.75, 3.05) is 11.7 Å². The van der Waals surface area contributed by atoms with Gasteiger partial charge in [-0.05, 0) is 18.2 Å². The van der Waals surface area contributed by atoms with E-state index < -0.39 is 15.7 Å². The highest BCUT2D eigenvalue weighted by atomic mass is 32.2. The molecule has 0 aromatic heterocycles. The third-order valence-electron chi connectivity index (χ3n) is 2.54. The van der Waals surface area contributed by atoms with Crippen LogP contribution in [0.5, 0.6) is 0 Å². The van der Waals surface area contributed by atoms with Crippen molar-refractivity contribution < 1.29 is 12.8 Å². The van der Waals surface area contributed by atoms with Crippen molar-refractivity contribution in [3.63, 3.8) is 0 Å². The number of hydrazone groups is 1. The predicted molar refractivity (Wildman–Crippen MR) is 77.2 cm³/mol. The minimum Gasteiger partial charge on any atom is -0.279 e. The number of rotatable bonds is 4. The first-order chi connectivity index (χ1) is 9.48. The van der Waals surface area contributed by atoms with Crippen LogP contribution >= 0.6 is 0 Å². The second-order valence-electron chi connectivity index (χ2n) is 4.17. The van der Waals surface area contributed by atoms with Crippen LogP contribution in [0, 0.1) is 5.82 Å². The van der Waals surface area contributed by atoms with Gasteiger partial charge in [0, 0.05) is 11.8 Å². The summed E-state index contributed by atoms with van der Waals surface area (Å²) in [5.74, 6) is -0.781. The summed E-state index contributed by atoms with van der Waals surface area (Å²) in [5, 5.41) is 3.92. The van der Waals surface area contributed by atoms with Crippen LogP contribution in [0.2, 0.25) is 0 Å². The van der Waals surface area contributed by atoms with Crippen LogP contribution in [0.1, 0.15) is 5.56 Å². The number of para-hydroxylation sites is 1. The minimum absolute atomic E-state index is 0.205. The van der Waals surface area contributed by atoms with Crippen molar-refractivity contribution >= 4 is 21.7 Å². The van der Waals surface area contributed by atoms with Crippen LogP contribution in [0.3, 0.4) is 0 Å². The molecular formula is C14H13FN2O2S. The molecule has 6 heteroatoms. The lowest BCUT2D eigenvalue weighted by atomic mass is 10.2. The Labute approximate surface area is 116 Å². The van der Waals surface area contributed by atoms with Crippen molar-refractivity contribution in [1.29, 1.82) is 0 Å². The zero-order valence-corrected chi connectivity index (χ0v) is 11.6. The maximum absolute atomic E-state index is 13.6. The highest BCUT2D eigenvalue weighted by Gasteiger charge is 2.17. The molecule has 2 aromatic carbocycles. The Bertz CT molecular complexity index is 728. The van der Waals surface area contributed by atoms with Gasteiger partial charge in [-0.1, -0.05) is 30.3 Å². The predicted octanol–water partition coefficient (Wildman–Crippen LogP) is 2.68. The average Bonchev–Trinajstić information content (AvgIpc) is 2.38. The molecule has 2 aromatic rings. The molecule has 104 valence electrons. The van der Waals surface area contributed by atoms with Crippen molar-refractivity contribution in [3.05, 3.63) is 59.9 Å². The average molecular weight is 292 g/mol. The summed E-state index contributed by atoms with van der Waals surface area (Å²) in [7, 11) is -3.65. The fraction of sp³-hybridized carbons (Fsp3) is 0.0714. The van der Waals surface area contributed by atoms with Gasteiger partial charge in [-0.3, -0.25) is 5.43 Å². The van der Waals surface area contributed by atoms with Crippen molar-refractivity contribution in [1.82, 2.24) is 0 Å². The largest absolute Gasteiger partial charge is 0.279 e. The highest BCUT2D eigenvalue weighted by Crippen LogP contribution is 2.18. The molecule has 4 nitrogen and oxygen atoms in total. The molecule has 0 radical (unpaired) electrons. The van der Waals surface area contributed by atoms with E-state index in [4.69, 9.17) is 0 Å². The molecule has 0 saturated heterocycles. The van der Waals surface area contributed by atoms with Gasteiger partial charge in [-0.2, -0.15) is 5.10 Å². The van der Waals surface area contributed by atoms with Gasteiger partial charge in [0.2, 0.25) is 0 Å². The van der Waals surface area contributed by atoms with E-state index in [0.29, 0.717) is 0 Å². The summed E-state index contributed by atoms with van der Waals surface area (Å²) < 4.78 is 36.8. The van der Waals surface area contributed by atoms with E-state index >= 15 is 0 Å². The Morgan fingerprint density at radius 1 is 1.10 bits per heavy atom. The Morgan fingerprint density at radius 3 is 2.45 bits per heavy atom. The van der Waals surface area contributed by atoms with Crippen molar-refractivity contribution in [3.8, 4) is 0 Å². The van der Waals surface area contributed by atoms with Gasteiger partial charge in [0.05, 0.1) is 11.9 Å². The molecule has 0 amide bonds. The molecule has 0 heterocycles. The topological polar surface area (TPSA) is 58.5 Å². The van der Waals surface area contributed by atoms with Crippen LogP contribution < -0.4 is 5.43 Å². The lowest BCUT2D eigenvalue weighted by Gasteiger charge is -2.05. The lowest BCUT2D eigenvalue weighted by Crippen LogP contribution is -2.05. The molecule has 2 rings (SSSR count). The molecule has 0 aliphatic rings. The van der Waals surface area contributed by atoms with E-state index in [2.05, 4.69) is 10.5 Å². The number of halogens is 1. The molecule has 0 unspecified atom stereocenters. The molecule has 0 saturated carbocycles. The first-order valence-electron chi connectivity index (χ1n) is 5.81. The number of sulfone groups is 1. The molecule has 20 heavy (non-hydrogen) atoms. The highest BCUT2D eigenvalue weighted by molar-refractivity contribution is 7.90. The Morgan fingerprint density at radius 2 is 1.80 bits per heavy atom. The summed E-state index contributed by atoms with van der Waals surface area (Å²) in [4.78, 5) is -0.349. The standard InChI is InChI=1S/C14H13FN2O2S/c1-20(18,19)14-11(6-5-9-13(14)15)10-16-17-12-7-3-2-4-8-12/h2-10,17H,1H3. The summed E-state index contributed by atoms with van der Waals surface area (Å²) >= 11 is 0. The normalized spacial score (nSPS) is 11.7. The number of hydrogen-bond donors (Lipinski definition) is 1. The fourth-order valence-electron chi connectivity index (χ4n) is 1.71. The van der Waals surface area contributed by atoms with Gasteiger partial charge in [-0.25, -0.2) is 12.8 Å². The summed E-state index contributed by atoms with van der Waals surface area (Å²) in [6, 6.07) is 13.2. The fourth-order valence-corrected chi connectivity index (χ4v) is 2.68. The van der Waals surface area contributed by atoms with Gasteiger partial charge in [0.1, 0.15) is 10.7 Å². The second kappa shape index (κ2) is 5.83. The Kier molecular flexibility index (Phi) is 4.14. The van der Waals surface area contributed by atoms with Gasteiger partial charge in [0.15, 0.2) is 9.84 Å². The van der Waals surface area contributed by atoms with E-state index in [-0.39, 0.29) is 10.5 Å². The van der Waals surface area contributed by atoms with Gasteiger partial charge in [-0.15, -0.1) is 0 Å². The molecule has 0 spiro atoms. The van der Waals surface area contributed by atoms with Crippen LogP contribution in [-0.2, 0) is 9.84 Å². The molecule has 1 N–H and O–H groups in total. The van der Waals surface area contributed by atoms with Crippen LogP contribution in [-0.4, -0.2) is 20.9 Å². The maximum atomic E-state index is 13.6. The van der Waals surface area contributed by atoms with Crippen LogP contribution in [0.4, 0.5) is 10.1 Å². The second-order valence-corrected chi connectivity index (χ2v) is 6.12. The third kappa shape index (κ3) is 3.42. The minimum atomic E-state index is -3.65. The van der Waals surface area contributed by atoms with Gasteiger partial charge >= 0.3 is 0 Å². The van der Waals surface area contributed by atoms with Gasteiger partial charge in [0.25, 0.3) is 0 Å². The van der Waals surface area contributed by atoms with E-state index in [1.54, 1.807) is 12.1 Å². The number of hydrogen-bond acceptors (Lipinski definition) is 4.